The number of amides is 1. The molecule has 0 aliphatic rings. The van der Waals surface area contributed by atoms with E-state index < -0.39 is 22.0 Å². The molecule has 3 aromatic carbocycles. The van der Waals surface area contributed by atoms with Crippen LogP contribution in [0.3, 0.4) is 0 Å². The van der Waals surface area contributed by atoms with Crippen molar-refractivity contribution in [1.29, 1.82) is 0 Å². The fraction of sp³-hybridized carbons (Fsp3) is 0.240. The average Bonchev–Trinajstić information content (AvgIpc) is 2.80. The molecule has 0 bridgehead atoms. The number of hydrogen-bond donors (Lipinski definition) is 2. The topological polar surface area (TPSA) is 84.5 Å². The second kappa shape index (κ2) is 11.4. The maximum absolute atomic E-state index is 13.2. The van der Waals surface area contributed by atoms with Crippen LogP contribution >= 0.6 is 15.9 Å². The highest BCUT2D eigenvalue weighted by atomic mass is 79.9. The van der Waals surface area contributed by atoms with Gasteiger partial charge < -0.3 is 10.1 Å². The third kappa shape index (κ3) is 7.15. The van der Waals surface area contributed by atoms with Gasteiger partial charge in [-0.15, -0.1) is 0 Å². The minimum atomic E-state index is -3.93. The summed E-state index contributed by atoms with van der Waals surface area (Å²) in [6.45, 7) is 4.20. The van der Waals surface area contributed by atoms with Crippen molar-refractivity contribution in [2.45, 2.75) is 37.2 Å². The summed E-state index contributed by atoms with van der Waals surface area (Å²) in [6, 6.07) is 21.8. The SMILES string of the molecule is CCOc1ccc(S(=O)(=O)N[C@@H](Cc2ccccc2)C(=O)N[C@@H](C)c2ccc(Br)cc2)cc1. The predicted molar refractivity (Wildman–Crippen MR) is 133 cm³/mol. The van der Waals surface area contributed by atoms with Crippen molar-refractivity contribution >= 4 is 31.9 Å². The molecular weight excluding hydrogens is 504 g/mol. The summed E-state index contributed by atoms with van der Waals surface area (Å²) in [5.74, 6) is 0.183. The molecule has 0 fully saturated rings. The van der Waals surface area contributed by atoms with Crippen LogP contribution in [0.4, 0.5) is 0 Å². The lowest BCUT2D eigenvalue weighted by molar-refractivity contribution is -0.123. The van der Waals surface area contributed by atoms with Gasteiger partial charge >= 0.3 is 0 Å². The quantitative estimate of drug-likeness (QED) is 0.400. The summed E-state index contributed by atoms with van der Waals surface area (Å²) in [4.78, 5) is 13.2. The van der Waals surface area contributed by atoms with Crippen LogP contribution < -0.4 is 14.8 Å². The molecule has 8 heteroatoms. The van der Waals surface area contributed by atoms with Crippen molar-refractivity contribution in [2.24, 2.45) is 0 Å². The smallest absolute Gasteiger partial charge is 0.241 e. The second-order valence-electron chi connectivity index (χ2n) is 7.55. The van der Waals surface area contributed by atoms with E-state index in [0.29, 0.717) is 12.4 Å². The number of halogens is 1. The van der Waals surface area contributed by atoms with Gasteiger partial charge in [0.25, 0.3) is 0 Å². The highest BCUT2D eigenvalue weighted by molar-refractivity contribution is 9.10. The molecule has 1 amide bonds. The summed E-state index contributed by atoms with van der Waals surface area (Å²) in [5, 5.41) is 2.93. The molecular formula is C25H27BrN2O4S. The molecule has 3 aromatic rings. The van der Waals surface area contributed by atoms with E-state index in [9.17, 15) is 13.2 Å². The summed E-state index contributed by atoms with van der Waals surface area (Å²) >= 11 is 3.40. The summed E-state index contributed by atoms with van der Waals surface area (Å²) in [5.41, 5.74) is 1.77. The molecule has 0 spiro atoms. The van der Waals surface area contributed by atoms with Gasteiger partial charge in [0.15, 0.2) is 0 Å². The zero-order valence-electron chi connectivity index (χ0n) is 18.5. The molecule has 0 aliphatic heterocycles. The van der Waals surface area contributed by atoms with Crippen LogP contribution in [0.5, 0.6) is 5.75 Å². The Morgan fingerprint density at radius 3 is 2.21 bits per heavy atom. The average molecular weight is 531 g/mol. The number of benzene rings is 3. The van der Waals surface area contributed by atoms with Crippen LogP contribution in [0.25, 0.3) is 0 Å². The molecule has 0 aliphatic carbocycles. The monoisotopic (exact) mass is 530 g/mol. The molecule has 33 heavy (non-hydrogen) atoms. The Bertz CT molecular complexity index is 1150. The van der Waals surface area contributed by atoms with Crippen molar-refractivity contribution in [2.75, 3.05) is 6.61 Å². The number of sulfonamides is 1. The molecule has 0 saturated carbocycles. The van der Waals surface area contributed by atoms with Crippen molar-refractivity contribution in [3.8, 4) is 5.75 Å². The van der Waals surface area contributed by atoms with Crippen LogP contribution in [0.2, 0.25) is 0 Å². The first-order valence-electron chi connectivity index (χ1n) is 10.6. The number of rotatable bonds is 10. The number of carbonyl (C=O) groups excluding carboxylic acids is 1. The van der Waals surface area contributed by atoms with E-state index in [1.807, 2.05) is 68.4 Å². The Morgan fingerprint density at radius 2 is 1.61 bits per heavy atom. The Balaban J connectivity index is 1.80. The zero-order valence-corrected chi connectivity index (χ0v) is 20.9. The molecule has 0 unspecified atom stereocenters. The largest absolute Gasteiger partial charge is 0.494 e. The highest BCUT2D eigenvalue weighted by Gasteiger charge is 2.27. The maximum Gasteiger partial charge on any atom is 0.241 e. The lowest BCUT2D eigenvalue weighted by Gasteiger charge is -2.22. The predicted octanol–water partition coefficient (Wildman–Crippen LogP) is 4.61. The maximum atomic E-state index is 13.2. The van der Waals surface area contributed by atoms with Gasteiger partial charge in [0.2, 0.25) is 15.9 Å². The molecule has 3 rings (SSSR count). The molecule has 0 radical (unpaired) electrons. The standard InChI is InChI=1S/C25H27BrN2O4S/c1-3-32-22-13-15-23(16-14-22)33(30,31)28-24(17-19-7-5-4-6-8-19)25(29)27-18(2)20-9-11-21(26)12-10-20/h4-16,18,24,28H,3,17H2,1-2H3,(H,27,29)/t18-,24-/m0/s1. The van der Waals surface area contributed by atoms with Crippen molar-refractivity contribution in [3.63, 3.8) is 0 Å². The van der Waals surface area contributed by atoms with Gasteiger partial charge in [0, 0.05) is 4.47 Å². The van der Waals surface area contributed by atoms with E-state index in [1.165, 1.54) is 12.1 Å². The van der Waals surface area contributed by atoms with Gasteiger partial charge in [-0.25, -0.2) is 8.42 Å². The number of nitrogens with one attached hydrogen (secondary N) is 2. The van der Waals surface area contributed by atoms with Gasteiger partial charge in [-0.2, -0.15) is 4.72 Å². The van der Waals surface area contributed by atoms with Crippen molar-refractivity contribution in [1.82, 2.24) is 10.0 Å². The normalized spacial score (nSPS) is 13.2. The Hall–Kier alpha value is -2.68. The van der Waals surface area contributed by atoms with Crippen LogP contribution in [-0.2, 0) is 21.2 Å². The number of ether oxygens (including phenoxy) is 1. The first kappa shape index (κ1) is 25.0. The van der Waals surface area contributed by atoms with Crippen LogP contribution in [0, 0.1) is 0 Å². The van der Waals surface area contributed by atoms with Gasteiger partial charge in [0.05, 0.1) is 17.5 Å². The van der Waals surface area contributed by atoms with Gasteiger partial charge in [-0.1, -0.05) is 58.4 Å². The molecule has 6 nitrogen and oxygen atoms in total. The van der Waals surface area contributed by atoms with E-state index in [0.717, 1.165) is 15.6 Å². The van der Waals surface area contributed by atoms with Gasteiger partial charge in [0.1, 0.15) is 11.8 Å². The Labute approximate surface area is 203 Å². The first-order chi connectivity index (χ1) is 15.8. The fourth-order valence-corrected chi connectivity index (χ4v) is 4.78. The van der Waals surface area contributed by atoms with Gasteiger partial charge in [-0.3, -0.25) is 4.79 Å². The summed E-state index contributed by atoms with van der Waals surface area (Å²) in [7, 11) is -3.93. The van der Waals surface area contributed by atoms with E-state index in [-0.39, 0.29) is 17.4 Å². The Morgan fingerprint density at radius 1 is 0.970 bits per heavy atom. The van der Waals surface area contributed by atoms with E-state index in [1.54, 1.807) is 12.1 Å². The summed E-state index contributed by atoms with van der Waals surface area (Å²) in [6.07, 6.45) is 0.218. The number of carbonyl (C=O) groups is 1. The molecule has 0 heterocycles. The third-order valence-electron chi connectivity index (χ3n) is 5.07. The zero-order chi connectivity index (χ0) is 23.8. The minimum absolute atomic E-state index is 0.0674. The second-order valence-corrected chi connectivity index (χ2v) is 10.2. The summed E-state index contributed by atoms with van der Waals surface area (Å²) < 4.78 is 35.0. The van der Waals surface area contributed by atoms with E-state index in [4.69, 9.17) is 4.74 Å². The van der Waals surface area contributed by atoms with Gasteiger partial charge in [-0.05, 0) is 67.8 Å². The Kier molecular flexibility index (Phi) is 8.66. The first-order valence-corrected chi connectivity index (χ1v) is 12.9. The lowest BCUT2D eigenvalue weighted by Crippen LogP contribution is -2.48. The molecule has 0 aromatic heterocycles. The van der Waals surface area contributed by atoms with E-state index >= 15 is 0 Å². The van der Waals surface area contributed by atoms with Crippen LogP contribution in [-0.4, -0.2) is 27.0 Å². The molecule has 0 saturated heterocycles. The van der Waals surface area contributed by atoms with E-state index in [2.05, 4.69) is 26.0 Å². The molecule has 2 atom stereocenters. The van der Waals surface area contributed by atoms with Crippen molar-refractivity contribution in [3.05, 3.63) is 94.5 Å². The number of hydrogen-bond acceptors (Lipinski definition) is 4. The molecule has 174 valence electrons. The van der Waals surface area contributed by atoms with Crippen LogP contribution in [0.15, 0.2) is 88.2 Å². The third-order valence-corrected chi connectivity index (χ3v) is 7.09. The minimum Gasteiger partial charge on any atom is -0.494 e. The lowest BCUT2D eigenvalue weighted by atomic mass is 10.0. The van der Waals surface area contributed by atoms with Crippen molar-refractivity contribution < 1.29 is 17.9 Å². The highest BCUT2D eigenvalue weighted by Crippen LogP contribution is 2.19. The molecule has 2 N–H and O–H groups in total. The van der Waals surface area contributed by atoms with Crippen LogP contribution in [0.1, 0.15) is 31.0 Å². The fourth-order valence-electron chi connectivity index (χ4n) is 3.32.